The summed E-state index contributed by atoms with van der Waals surface area (Å²) in [5.41, 5.74) is 3.67. The van der Waals surface area contributed by atoms with Crippen LogP contribution in [0, 0.1) is 12.7 Å². The second-order valence-electron chi connectivity index (χ2n) is 6.45. The van der Waals surface area contributed by atoms with E-state index in [2.05, 4.69) is 15.6 Å². The third-order valence-electron chi connectivity index (χ3n) is 4.77. The topological polar surface area (TPSA) is 77.2 Å². The van der Waals surface area contributed by atoms with Gasteiger partial charge in [0.15, 0.2) is 0 Å². The first kappa shape index (κ1) is 18.8. The number of hydrogen-bond donors (Lipinski definition) is 3. The molecule has 7 heteroatoms. The number of likely N-dealkylation sites (N-methyl/N-ethyl adjacent to an activating group) is 1. The van der Waals surface area contributed by atoms with Crippen LogP contribution in [0.15, 0.2) is 24.4 Å². The second-order valence-corrected chi connectivity index (χ2v) is 6.45. The van der Waals surface area contributed by atoms with Crippen LogP contribution in [0.4, 0.5) is 15.8 Å². The van der Waals surface area contributed by atoms with E-state index in [-0.39, 0.29) is 11.8 Å². The number of benzene rings is 1. The summed E-state index contributed by atoms with van der Waals surface area (Å²) in [5, 5.41) is 5.62. The highest BCUT2D eigenvalue weighted by molar-refractivity contribution is 6.34. The number of anilines is 2. The first-order valence-corrected chi connectivity index (χ1v) is 8.96. The molecular weight excluding hydrogens is 347 g/mol. The van der Waals surface area contributed by atoms with Gasteiger partial charge in [-0.3, -0.25) is 14.5 Å². The van der Waals surface area contributed by atoms with Crippen LogP contribution < -0.4 is 10.6 Å². The van der Waals surface area contributed by atoms with E-state index in [0.29, 0.717) is 34.8 Å². The van der Waals surface area contributed by atoms with Crippen molar-refractivity contribution in [3.8, 4) is 0 Å². The minimum atomic E-state index is -0.399. The van der Waals surface area contributed by atoms with Crippen molar-refractivity contribution in [1.29, 1.82) is 0 Å². The standard InChI is InChI=1S/C20H23FN4O2/c1-4-25(5-2)11-19(26)23-18-10-22-17(12(18)3)9-15-14-8-13(21)6-7-16(14)24-20(15)27/h6-10,22H,4-5,11H2,1-3H3,(H,23,26)(H,24,27)/b15-9-. The van der Waals surface area contributed by atoms with Crippen molar-refractivity contribution in [2.24, 2.45) is 0 Å². The van der Waals surface area contributed by atoms with Crippen LogP contribution in [-0.4, -0.2) is 41.3 Å². The third-order valence-corrected chi connectivity index (χ3v) is 4.77. The highest BCUT2D eigenvalue weighted by atomic mass is 19.1. The van der Waals surface area contributed by atoms with E-state index in [1.54, 1.807) is 18.3 Å². The minimum Gasteiger partial charge on any atom is -0.360 e. The largest absolute Gasteiger partial charge is 0.360 e. The van der Waals surface area contributed by atoms with Gasteiger partial charge in [0.1, 0.15) is 5.82 Å². The molecule has 0 fully saturated rings. The fraction of sp³-hybridized carbons (Fsp3) is 0.300. The highest BCUT2D eigenvalue weighted by Gasteiger charge is 2.25. The average Bonchev–Trinajstić information content (AvgIpc) is 3.14. The number of H-pyrrole nitrogens is 1. The zero-order valence-corrected chi connectivity index (χ0v) is 15.6. The molecule has 2 amide bonds. The van der Waals surface area contributed by atoms with E-state index in [9.17, 15) is 14.0 Å². The van der Waals surface area contributed by atoms with Gasteiger partial charge in [0.25, 0.3) is 5.91 Å². The molecule has 0 aliphatic carbocycles. The monoisotopic (exact) mass is 370 g/mol. The van der Waals surface area contributed by atoms with Crippen molar-refractivity contribution in [1.82, 2.24) is 9.88 Å². The Morgan fingerprint density at radius 1 is 1.30 bits per heavy atom. The molecular formula is C20H23FN4O2. The van der Waals surface area contributed by atoms with Crippen LogP contribution in [0.2, 0.25) is 0 Å². The summed E-state index contributed by atoms with van der Waals surface area (Å²) in [6.45, 7) is 7.81. The molecule has 1 aromatic heterocycles. The van der Waals surface area contributed by atoms with Crippen molar-refractivity contribution in [2.45, 2.75) is 20.8 Å². The lowest BCUT2D eigenvalue weighted by Gasteiger charge is -2.17. The lowest BCUT2D eigenvalue weighted by Crippen LogP contribution is -2.32. The molecule has 0 atom stereocenters. The van der Waals surface area contributed by atoms with Crippen LogP contribution in [0.3, 0.4) is 0 Å². The SMILES string of the molecule is CCN(CC)CC(=O)Nc1c[nH]c(/C=C2\C(=O)Nc3ccc(F)cc32)c1C. The van der Waals surface area contributed by atoms with Gasteiger partial charge in [0, 0.05) is 23.1 Å². The smallest absolute Gasteiger partial charge is 0.256 e. The van der Waals surface area contributed by atoms with Gasteiger partial charge in [-0.25, -0.2) is 4.39 Å². The fourth-order valence-electron chi connectivity index (χ4n) is 3.08. The maximum absolute atomic E-state index is 13.6. The lowest BCUT2D eigenvalue weighted by atomic mass is 10.0. The van der Waals surface area contributed by atoms with Crippen LogP contribution >= 0.6 is 0 Å². The zero-order valence-electron chi connectivity index (χ0n) is 15.6. The molecule has 1 aliphatic rings. The molecule has 3 N–H and O–H groups in total. The number of halogens is 1. The number of hydrogen-bond acceptors (Lipinski definition) is 3. The van der Waals surface area contributed by atoms with Gasteiger partial charge in [0.2, 0.25) is 5.91 Å². The molecule has 3 rings (SSSR count). The Labute approximate surface area is 157 Å². The Balaban J connectivity index is 1.82. The molecule has 6 nitrogen and oxygen atoms in total. The molecule has 0 unspecified atom stereocenters. The number of rotatable bonds is 6. The van der Waals surface area contributed by atoms with Gasteiger partial charge < -0.3 is 15.6 Å². The molecule has 142 valence electrons. The number of fused-ring (bicyclic) bond motifs is 1. The molecule has 0 radical (unpaired) electrons. The van der Waals surface area contributed by atoms with E-state index in [0.717, 1.165) is 18.7 Å². The summed E-state index contributed by atoms with van der Waals surface area (Å²) >= 11 is 0. The molecule has 1 aliphatic heterocycles. The summed E-state index contributed by atoms with van der Waals surface area (Å²) in [6.07, 6.45) is 3.37. The summed E-state index contributed by atoms with van der Waals surface area (Å²) in [5.74, 6) is -0.772. The van der Waals surface area contributed by atoms with Gasteiger partial charge in [0.05, 0.1) is 17.8 Å². The van der Waals surface area contributed by atoms with Gasteiger partial charge in [-0.15, -0.1) is 0 Å². The first-order chi connectivity index (χ1) is 12.9. The highest BCUT2D eigenvalue weighted by Crippen LogP contribution is 2.34. The molecule has 0 saturated heterocycles. The van der Waals surface area contributed by atoms with Crippen molar-refractivity contribution < 1.29 is 14.0 Å². The van der Waals surface area contributed by atoms with E-state index in [4.69, 9.17) is 0 Å². The summed E-state index contributed by atoms with van der Waals surface area (Å²) in [7, 11) is 0. The quantitative estimate of drug-likeness (QED) is 0.683. The minimum absolute atomic E-state index is 0.0916. The van der Waals surface area contributed by atoms with Gasteiger partial charge in [-0.05, 0) is 49.9 Å². The molecule has 27 heavy (non-hydrogen) atoms. The molecule has 1 aromatic carbocycles. The number of carbonyl (C=O) groups excluding carboxylic acids is 2. The number of aromatic amines is 1. The summed E-state index contributed by atoms with van der Waals surface area (Å²) in [6, 6.07) is 4.19. The number of amides is 2. The summed E-state index contributed by atoms with van der Waals surface area (Å²) < 4.78 is 13.6. The Morgan fingerprint density at radius 3 is 2.74 bits per heavy atom. The zero-order chi connectivity index (χ0) is 19.6. The van der Waals surface area contributed by atoms with Gasteiger partial charge in [-0.1, -0.05) is 13.8 Å². The lowest BCUT2D eigenvalue weighted by molar-refractivity contribution is -0.117. The van der Waals surface area contributed by atoms with Crippen molar-refractivity contribution in [3.63, 3.8) is 0 Å². The van der Waals surface area contributed by atoms with Crippen molar-refractivity contribution in [3.05, 3.63) is 47.0 Å². The van der Waals surface area contributed by atoms with Crippen molar-refractivity contribution >= 4 is 34.8 Å². The van der Waals surface area contributed by atoms with Crippen LogP contribution in [0.1, 0.15) is 30.7 Å². The van der Waals surface area contributed by atoms with Crippen LogP contribution in [0.5, 0.6) is 0 Å². The predicted octanol–water partition coefficient (Wildman–Crippen LogP) is 3.24. The predicted molar refractivity (Wildman–Crippen MR) is 105 cm³/mol. The Morgan fingerprint density at radius 2 is 2.04 bits per heavy atom. The fourth-order valence-corrected chi connectivity index (χ4v) is 3.08. The normalized spacial score (nSPS) is 14.6. The van der Waals surface area contributed by atoms with Crippen LogP contribution in [-0.2, 0) is 9.59 Å². The first-order valence-electron chi connectivity index (χ1n) is 8.96. The van der Waals surface area contributed by atoms with E-state index in [1.807, 2.05) is 25.7 Å². The number of nitrogens with one attached hydrogen (secondary N) is 3. The number of nitrogens with zero attached hydrogens (tertiary/aromatic N) is 1. The van der Waals surface area contributed by atoms with Crippen molar-refractivity contribution in [2.75, 3.05) is 30.3 Å². The van der Waals surface area contributed by atoms with E-state index >= 15 is 0 Å². The maximum atomic E-state index is 13.6. The maximum Gasteiger partial charge on any atom is 0.256 e. The van der Waals surface area contributed by atoms with E-state index in [1.165, 1.54) is 12.1 Å². The molecule has 2 aromatic rings. The average molecular weight is 370 g/mol. The number of carbonyl (C=O) groups is 2. The molecule has 0 bridgehead atoms. The molecule has 0 spiro atoms. The van der Waals surface area contributed by atoms with Gasteiger partial charge >= 0.3 is 0 Å². The Kier molecular flexibility index (Phi) is 5.41. The second kappa shape index (κ2) is 7.75. The summed E-state index contributed by atoms with van der Waals surface area (Å²) in [4.78, 5) is 29.5. The van der Waals surface area contributed by atoms with E-state index < -0.39 is 5.82 Å². The van der Waals surface area contributed by atoms with Crippen LogP contribution in [0.25, 0.3) is 11.6 Å². The third kappa shape index (κ3) is 3.93. The molecule has 0 saturated carbocycles. The number of aromatic nitrogens is 1. The Hall–Kier alpha value is -2.93. The molecule has 2 heterocycles. The Bertz CT molecular complexity index is 913. The van der Waals surface area contributed by atoms with Gasteiger partial charge in [-0.2, -0.15) is 0 Å².